The van der Waals surface area contributed by atoms with Crippen LogP contribution in [0.4, 0.5) is 5.69 Å². The van der Waals surface area contributed by atoms with Gasteiger partial charge in [-0.05, 0) is 31.4 Å². The molecule has 0 aliphatic carbocycles. The van der Waals surface area contributed by atoms with Crippen LogP contribution in [0.1, 0.15) is 17.5 Å². The Morgan fingerprint density at radius 1 is 1.15 bits per heavy atom. The summed E-state index contributed by atoms with van der Waals surface area (Å²) in [6.07, 6.45) is 6.36. The van der Waals surface area contributed by atoms with Crippen molar-refractivity contribution in [2.45, 2.75) is 29.8 Å². The second-order valence-corrected chi connectivity index (χ2v) is 11.5. The third-order valence-electron chi connectivity index (χ3n) is 5.62. The van der Waals surface area contributed by atoms with Gasteiger partial charge in [-0.3, -0.25) is 9.36 Å². The van der Waals surface area contributed by atoms with E-state index in [-0.39, 0.29) is 5.56 Å². The zero-order valence-corrected chi connectivity index (χ0v) is 21.9. The molecule has 0 saturated heterocycles. The van der Waals surface area contributed by atoms with E-state index < -0.39 is 0 Å². The van der Waals surface area contributed by atoms with Crippen LogP contribution in [0.5, 0.6) is 0 Å². The van der Waals surface area contributed by atoms with E-state index in [1.165, 1.54) is 15.4 Å². The predicted molar refractivity (Wildman–Crippen MR) is 143 cm³/mol. The Kier molecular flexibility index (Phi) is 6.51. The second-order valence-electron chi connectivity index (χ2n) is 7.62. The number of aromatic nitrogens is 2. The van der Waals surface area contributed by atoms with Crippen molar-refractivity contribution in [1.29, 1.82) is 0 Å². The molecule has 4 nitrogen and oxygen atoms in total. The molecule has 0 radical (unpaired) electrons. The van der Waals surface area contributed by atoms with Crippen molar-refractivity contribution in [3.05, 3.63) is 90.2 Å². The smallest absolute Gasteiger partial charge is 0.271 e. The molecule has 4 aromatic rings. The van der Waals surface area contributed by atoms with Crippen molar-refractivity contribution in [3.8, 4) is 0 Å². The van der Waals surface area contributed by atoms with E-state index in [1.807, 2.05) is 17.6 Å². The summed E-state index contributed by atoms with van der Waals surface area (Å²) in [6, 6.07) is 17.0. The van der Waals surface area contributed by atoms with Crippen LogP contribution in [-0.4, -0.2) is 17.9 Å². The van der Waals surface area contributed by atoms with Crippen molar-refractivity contribution in [1.82, 2.24) is 4.57 Å². The van der Waals surface area contributed by atoms with Gasteiger partial charge < -0.3 is 4.90 Å². The SMILES string of the molecule is CCn1c(=O)/c(=C2\Sc3cc(SC)ccc3N2C)s/c1=C\c1scc[n+]1Cc1ccccc1. The van der Waals surface area contributed by atoms with Crippen LogP contribution in [0.3, 0.4) is 0 Å². The largest absolute Gasteiger partial charge is 0.337 e. The Bertz CT molecular complexity index is 1480. The molecule has 3 heterocycles. The Labute approximate surface area is 209 Å². The quantitative estimate of drug-likeness (QED) is 0.298. The van der Waals surface area contributed by atoms with Crippen LogP contribution in [-0.2, 0) is 13.1 Å². The van der Waals surface area contributed by atoms with Crippen LogP contribution < -0.4 is 24.2 Å². The Morgan fingerprint density at radius 2 is 1.97 bits per heavy atom. The molecular weight excluding hydrogens is 487 g/mol. The minimum absolute atomic E-state index is 0.0900. The minimum atomic E-state index is 0.0900. The van der Waals surface area contributed by atoms with Gasteiger partial charge in [0.2, 0.25) is 0 Å². The summed E-state index contributed by atoms with van der Waals surface area (Å²) in [5.41, 5.74) is 2.51. The molecule has 0 N–H and O–H groups in total. The molecule has 8 heteroatoms. The molecule has 0 spiro atoms. The van der Waals surface area contributed by atoms with Gasteiger partial charge >= 0.3 is 0 Å². The molecule has 1 aliphatic heterocycles. The highest BCUT2D eigenvalue weighted by atomic mass is 32.2. The average molecular weight is 511 g/mol. The van der Waals surface area contributed by atoms with Gasteiger partial charge in [-0.15, -0.1) is 23.1 Å². The molecule has 2 aromatic carbocycles. The zero-order chi connectivity index (χ0) is 22.9. The maximum absolute atomic E-state index is 13.4. The van der Waals surface area contributed by atoms with Gasteiger partial charge in [0.25, 0.3) is 10.6 Å². The van der Waals surface area contributed by atoms with Gasteiger partial charge in [0.05, 0.1) is 17.1 Å². The molecule has 1 aliphatic rings. The second kappa shape index (κ2) is 9.54. The standard InChI is InChI=1S/C25H24N3OS4/c1-4-28-22(15-21-27(12-13-31-21)16-17-8-6-5-7-9-17)33-23(24(28)29)25-26(2)19-11-10-18(30-3)14-20(19)32-25/h5-15H,4,16H2,1-3H3/q+1/b25-23+. The summed E-state index contributed by atoms with van der Waals surface area (Å²) in [5.74, 6) is 0. The summed E-state index contributed by atoms with van der Waals surface area (Å²) in [6.45, 7) is 3.50. The molecule has 0 bridgehead atoms. The van der Waals surface area contributed by atoms with Gasteiger partial charge in [0.15, 0.2) is 12.7 Å². The Hall–Kier alpha value is -2.26. The van der Waals surface area contributed by atoms with Crippen molar-refractivity contribution < 1.29 is 4.57 Å². The first-order valence-corrected chi connectivity index (χ1v) is 14.4. The van der Waals surface area contributed by atoms with Crippen molar-refractivity contribution in [3.63, 3.8) is 0 Å². The summed E-state index contributed by atoms with van der Waals surface area (Å²) in [5, 5.41) is 4.26. The normalized spacial score (nSPS) is 15.4. The first kappa shape index (κ1) is 22.5. The summed E-state index contributed by atoms with van der Waals surface area (Å²) >= 11 is 6.72. The fourth-order valence-corrected chi connectivity index (χ4v) is 7.75. The molecule has 0 amide bonds. The Balaban J connectivity index is 1.60. The molecular formula is C25H24N3OS4+. The van der Waals surface area contributed by atoms with Crippen LogP contribution in [0.25, 0.3) is 11.1 Å². The van der Waals surface area contributed by atoms with Crippen molar-refractivity contribution in [2.24, 2.45) is 0 Å². The topological polar surface area (TPSA) is 29.1 Å². The first-order valence-electron chi connectivity index (χ1n) is 10.6. The first-order chi connectivity index (χ1) is 16.1. The van der Waals surface area contributed by atoms with Crippen molar-refractivity contribution >= 4 is 63.0 Å². The van der Waals surface area contributed by atoms with E-state index in [0.29, 0.717) is 6.54 Å². The number of anilines is 1. The third kappa shape index (κ3) is 4.33. The van der Waals surface area contributed by atoms with Gasteiger partial charge in [-0.25, -0.2) is 0 Å². The number of benzene rings is 2. The summed E-state index contributed by atoms with van der Waals surface area (Å²) in [7, 11) is 2.05. The lowest BCUT2D eigenvalue weighted by atomic mass is 10.2. The Morgan fingerprint density at radius 3 is 2.73 bits per heavy atom. The molecule has 0 unspecified atom stereocenters. The highest BCUT2D eigenvalue weighted by molar-refractivity contribution is 8.08. The predicted octanol–water partition coefficient (Wildman–Crippen LogP) is 4.19. The third-order valence-corrected chi connectivity index (χ3v) is 9.66. The number of thioether (sulfide) groups is 2. The van der Waals surface area contributed by atoms with Gasteiger partial charge in [0, 0.05) is 28.9 Å². The average Bonchev–Trinajstić information content (AvgIpc) is 3.50. The number of nitrogens with zero attached hydrogens (tertiary/aromatic N) is 3. The van der Waals surface area contributed by atoms with Crippen LogP contribution in [0, 0.1) is 0 Å². The minimum Gasteiger partial charge on any atom is -0.337 e. The molecule has 2 aromatic heterocycles. The van der Waals surface area contributed by atoms with Gasteiger partial charge in [0.1, 0.15) is 14.2 Å². The molecule has 33 heavy (non-hydrogen) atoms. The highest BCUT2D eigenvalue weighted by Gasteiger charge is 2.25. The van der Waals surface area contributed by atoms with Crippen LogP contribution in [0.15, 0.2) is 74.7 Å². The molecule has 0 fully saturated rings. The maximum atomic E-state index is 13.4. The molecule has 5 rings (SSSR count). The van der Waals surface area contributed by atoms with E-state index in [0.717, 1.165) is 31.5 Å². The lowest BCUT2D eigenvalue weighted by molar-refractivity contribution is -0.685. The van der Waals surface area contributed by atoms with E-state index in [4.69, 9.17) is 0 Å². The van der Waals surface area contributed by atoms with Crippen LogP contribution in [0.2, 0.25) is 0 Å². The number of hydrogen-bond acceptors (Lipinski definition) is 6. The number of fused-ring (bicyclic) bond motifs is 1. The lowest BCUT2D eigenvalue weighted by Crippen LogP contribution is -2.36. The number of thiazole rings is 2. The fraction of sp³-hybridized carbons (Fsp3) is 0.200. The highest BCUT2D eigenvalue weighted by Crippen LogP contribution is 2.46. The molecule has 0 atom stereocenters. The maximum Gasteiger partial charge on any atom is 0.271 e. The monoisotopic (exact) mass is 510 g/mol. The molecule has 0 saturated carbocycles. The van der Waals surface area contributed by atoms with Crippen molar-refractivity contribution in [2.75, 3.05) is 18.2 Å². The zero-order valence-electron chi connectivity index (χ0n) is 18.6. The molecule has 168 valence electrons. The van der Waals surface area contributed by atoms with E-state index >= 15 is 0 Å². The van der Waals surface area contributed by atoms with Gasteiger partial charge in [-0.2, -0.15) is 4.57 Å². The van der Waals surface area contributed by atoms with Gasteiger partial charge in [-0.1, -0.05) is 53.4 Å². The fourth-order valence-electron chi connectivity index (χ4n) is 3.88. The van der Waals surface area contributed by atoms with Crippen LogP contribution >= 0.6 is 46.2 Å². The summed E-state index contributed by atoms with van der Waals surface area (Å²) < 4.78 is 5.94. The summed E-state index contributed by atoms with van der Waals surface area (Å²) in [4.78, 5) is 18.0. The van der Waals surface area contributed by atoms with E-state index in [1.54, 1.807) is 46.2 Å². The van der Waals surface area contributed by atoms with E-state index in [2.05, 4.69) is 82.9 Å². The number of rotatable bonds is 5. The lowest BCUT2D eigenvalue weighted by Gasteiger charge is -2.12. The number of hydrogen-bond donors (Lipinski definition) is 0. The van der Waals surface area contributed by atoms with E-state index in [9.17, 15) is 4.79 Å².